The number of aryl methyl sites for hydroxylation is 1. The fraction of sp³-hybridized carbons (Fsp3) is 0.556. The van der Waals surface area contributed by atoms with Gasteiger partial charge in [-0.15, -0.1) is 0 Å². The van der Waals surface area contributed by atoms with Gasteiger partial charge in [-0.1, -0.05) is 52.0 Å². The van der Waals surface area contributed by atoms with Crippen LogP contribution in [0.15, 0.2) is 36.4 Å². The van der Waals surface area contributed by atoms with Crippen LogP contribution >= 0.6 is 0 Å². The third kappa shape index (κ3) is 3.25. The fourth-order valence-corrected chi connectivity index (χ4v) is 5.98. The summed E-state index contributed by atoms with van der Waals surface area (Å²) in [5, 5.41) is 0. The molecule has 1 aliphatic heterocycles. The summed E-state index contributed by atoms with van der Waals surface area (Å²) in [6.45, 7) is 15.3. The summed E-state index contributed by atoms with van der Waals surface area (Å²) in [5.41, 5.74) is 7.93. The molecule has 2 aliphatic rings. The van der Waals surface area contributed by atoms with Gasteiger partial charge >= 0.3 is 0 Å². The summed E-state index contributed by atoms with van der Waals surface area (Å²) in [6, 6.07) is 13.7. The van der Waals surface area contributed by atoms with E-state index in [4.69, 9.17) is 4.74 Å². The van der Waals surface area contributed by atoms with Gasteiger partial charge in [0, 0.05) is 23.2 Å². The zero-order chi connectivity index (χ0) is 21.0. The first-order valence-corrected chi connectivity index (χ1v) is 11.3. The summed E-state index contributed by atoms with van der Waals surface area (Å²) in [6.07, 6.45) is 3.62. The molecule has 1 heterocycles. The number of hydrogen-bond donors (Lipinski definition) is 0. The Morgan fingerprint density at radius 2 is 1.62 bits per heavy atom. The molecule has 1 aliphatic carbocycles. The van der Waals surface area contributed by atoms with Crippen LogP contribution < -0.4 is 9.64 Å². The van der Waals surface area contributed by atoms with Crippen molar-refractivity contribution in [3.05, 3.63) is 58.7 Å². The molecule has 0 unspecified atom stereocenters. The van der Waals surface area contributed by atoms with Gasteiger partial charge in [0.15, 0.2) is 0 Å². The highest BCUT2D eigenvalue weighted by molar-refractivity contribution is 5.66. The molecule has 29 heavy (non-hydrogen) atoms. The normalized spacial score (nSPS) is 22.7. The SMILES string of the molecule is COc1ccc2c(c1)CC[C@]21CN(c2c(C(C)C)cccc2C(C)C)C(C)(C)C1. The molecule has 1 fully saturated rings. The van der Waals surface area contributed by atoms with Crippen molar-refractivity contribution in [3.63, 3.8) is 0 Å². The van der Waals surface area contributed by atoms with Crippen molar-refractivity contribution in [3.8, 4) is 5.75 Å². The molecule has 1 saturated heterocycles. The minimum Gasteiger partial charge on any atom is -0.497 e. The van der Waals surface area contributed by atoms with Crippen LogP contribution in [0.1, 0.15) is 88.5 Å². The number of methoxy groups -OCH3 is 1. The van der Waals surface area contributed by atoms with Crippen LogP contribution in [0.25, 0.3) is 0 Å². The van der Waals surface area contributed by atoms with Crippen molar-refractivity contribution in [1.82, 2.24) is 0 Å². The monoisotopic (exact) mass is 391 g/mol. The van der Waals surface area contributed by atoms with Crippen molar-refractivity contribution in [2.45, 2.75) is 83.6 Å². The maximum absolute atomic E-state index is 5.50. The lowest BCUT2D eigenvalue weighted by molar-refractivity contribution is 0.411. The molecule has 156 valence electrons. The van der Waals surface area contributed by atoms with Crippen molar-refractivity contribution in [1.29, 1.82) is 0 Å². The Balaban J connectivity index is 1.82. The number of fused-ring (bicyclic) bond motifs is 2. The molecule has 0 aromatic heterocycles. The van der Waals surface area contributed by atoms with Crippen LogP contribution in [-0.4, -0.2) is 19.2 Å². The lowest BCUT2D eigenvalue weighted by Gasteiger charge is -2.38. The van der Waals surface area contributed by atoms with Gasteiger partial charge in [0.05, 0.1) is 7.11 Å². The number of anilines is 1. The highest BCUT2D eigenvalue weighted by Crippen LogP contribution is 2.54. The third-order valence-electron chi connectivity index (χ3n) is 7.33. The molecular formula is C27H37NO. The second kappa shape index (κ2) is 7.07. The predicted octanol–water partition coefficient (Wildman–Crippen LogP) is 6.81. The Hall–Kier alpha value is -1.96. The van der Waals surface area contributed by atoms with Crippen LogP contribution in [0.5, 0.6) is 5.75 Å². The maximum Gasteiger partial charge on any atom is 0.119 e. The highest BCUT2D eigenvalue weighted by atomic mass is 16.5. The number of benzene rings is 2. The summed E-state index contributed by atoms with van der Waals surface area (Å²) < 4.78 is 5.50. The number of nitrogens with zero attached hydrogens (tertiary/aromatic N) is 1. The average molecular weight is 392 g/mol. The van der Waals surface area contributed by atoms with E-state index in [-0.39, 0.29) is 11.0 Å². The van der Waals surface area contributed by atoms with Crippen molar-refractivity contribution in [2.24, 2.45) is 0 Å². The molecule has 1 atom stereocenters. The highest BCUT2D eigenvalue weighted by Gasteiger charge is 2.52. The zero-order valence-electron chi connectivity index (χ0n) is 19.3. The van der Waals surface area contributed by atoms with E-state index < -0.39 is 0 Å². The molecule has 0 amide bonds. The van der Waals surface area contributed by atoms with Gasteiger partial charge < -0.3 is 9.64 Å². The van der Waals surface area contributed by atoms with E-state index in [9.17, 15) is 0 Å². The molecule has 1 spiro atoms. The van der Waals surface area contributed by atoms with Gasteiger partial charge in [0.2, 0.25) is 0 Å². The second-order valence-corrected chi connectivity index (χ2v) is 10.5. The molecule has 2 nitrogen and oxygen atoms in total. The molecule has 2 heteroatoms. The predicted molar refractivity (Wildman–Crippen MR) is 124 cm³/mol. The van der Waals surface area contributed by atoms with Gasteiger partial charge in [0.1, 0.15) is 5.75 Å². The first-order chi connectivity index (χ1) is 13.7. The van der Waals surface area contributed by atoms with Crippen molar-refractivity contribution in [2.75, 3.05) is 18.6 Å². The average Bonchev–Trinajstić information content (AvgIpc) is 3.16. The number of ether oxygens (including phenoxy) is 1. The zero-order valence-corrected chi connectivity index (χ0v) is 19.3. The maximum atomic E-state index is 5.50. The van der Waals surface area contributed by atoms with Gasteiger partial charge in [-0.2, -0.15) is 0 Å². The lowest BCUT2D eigenvalue weighted by atomic mass is 9.77. The first kappa shape index (κ1) is 20.3. The quantitative estimate of drug-likeness (QED) is 0.567. The molecule has 0 bridgehead atoms. The minimum atomic E-state index is 0.135. The van der Waals surface area contributed by atoms with E-state index in [1.165, 1.54) is 41.6 Å². The number of rotatable bonds is 4. The van der Waals surface area contributed by atoms with E-state index >= 15 is 0 Å². The molecular weight excluding hydrogens is 354 g/mol. The van der Waals surface area contributed by atoms with E-state index in [1.807, 2.05) is 0 Å². The molecule has 0 N–H and O–H groups in total. The molecule has 2 aromatic rings. The van der Waals surface area contributed by atoms with Crippen LogP contribution in [0.4, 0.5) is 5.69 Å². The topological polar surface area (TPSA) is 12.5 Å². The molecule has 0 saturated carbocycles. The lowest BCUT2D eigenvalue weighted by Crippen LogP contribution is -2.39. The largest absolute Gasteiger partial charge is 0.497 e. The fourth-order valence-electron chi connectivity index (χ4n) is 5.98. The van der Waals surface area contributed by atoms with E-state index in [2.05, 4.69) is 82.8 Å². The van der Waals surface area contributed by atoms with Crippen LogP contribution in [0.3, 0.4) is 0 Å². The Morgan fingerprint density at radius 3 is 2.21 bits per heavy atom. The van der Waals surface area contributed by atoms with Crippen LogP contribution in [-0.2, 0) is 11.8 Å². The Labute approximate surface area is 177 Å². The molecule has 0 radical (unpaired) electrons. The smallest absolute Gasteiger partial charge is 0.119 e. The van der Waals surface area contributed by atoms with E-state index in [0.717, 1.165) is 12.3 Å². The summed E-state index contributed by atoms with van der Waals surface area (Å²) in [5.74, 6) is 2.04. The van der Waals surface area contributed by atoms with Gasteiger partial charge in [0.25, 0.3) is 0 Å². The van der Waals surface area contributed by atoms with E-state index in [1.54, 1.807) is 12.7 Å². The first-order valence-electron chi connectivity index (χ1n) is 11.3. The Morgan fingerprint density at radius 1 is 0.966 bits per heavy atom. The summed E-state index contributed by atoms with van der Waals surface area (Å²) in [7, 11) is 1.77. The number of hydrogen-bond acceptors (Lipinski definition) is 2. The van der Waals surface area contributed by atoms with Gasteiger partial charge in [-0.05, 0) is 79.3 Å². The number of para-hydroxylation sites is 1. The summed E-state index contributed by atoms with van der Waals surface area (Å²) >= 11 is 0. The van der Waals surface area contributed by atoms with Crippen LogP contribution in [0, 0.1) is 0 Å². The van der Waals surface area contributed by atoms with Crippen molar-refractivity contribution >= 4 is 5.69 Å². The summed E-state index contributed by atoms with van der Waals surface area (Å²) in [4.78, 5) is 2.76. The van der Waals surface area contributed by atoms with Crippen molar-refractivity contribution < 1.29 is 4.74 Å². The minimum absolute atomic E-state index is 0.135. The third-order valence-corrected chi connectivity index (χ3v) is 7.33. The van der Waals surface area contributed by atoms with E-state index in [0.29, 0.717) is 11.8 Å². The molecule has 4 rings (SSSR count). The second-order valence-electron chi connectivity index (χ2n) is 10.5. The van der Waals surface area contributed by atoms with Gasteiger partial charge in [-0.25, -0.2) is 0 Å². The van der Waals surface area contributed by atoms with Crippen LogP contribution in [0.2, 0.25) is 0 Å². The van der Waals surface area contributed by atoms with Gasteiger partial charge in [-0.3, -0.25) is 0 Å². The Kier molecular flexibility index (Phi) is 4.96. The standard InChI is InChI=1S/C27H37NO/c1-18(2)22-9-8-10-23(19(3)4)25(22)28-17-27(16-26(28,5)6)14-13-20-15-21(29-7)11-12-24(20)27/h8-12,15,18-19H,13-14,16-17H2,1-7H3/t27-/m0/s1. The molecule has 2 aromatic carbocycles. The Bertz CT molecular complexity index is 884.